The van der Waals surface area contributed by atoms with E-state index in [9.17, 15) is 18.3 Å². The third-order valence-corrected chi connectivity index (χ3v) is 4.19. The second-order valence-electron chi connectivity index (χ2n) is 5.61. The quantitative estimate of drug-likeness (QED) is 0.902. The molecular weight excluding hydrogens is 281 g/mol. The molecule has 3 N–H and O–H groups in total. The fourth-order valence-corrected chi connectivity index (χ4v) is 2.86. The van der Waals surface area contributed by atoms with Gasteiger partial charge in [0, 0.05) is 25.3 Å². The molecule has 0 radical (unpaired) electrons. The van der Waals surface area contributed by atoms with Crippen molar-refractivity contribution in [2.24, 2.45) is 11.7 Å². The van der Waals surface area contributed by atoms with Gasteiger partial charge in [-0.15, -0.1) is 0 Å². The molecule has 21 heavy (non-hydrogen) atoms. The molecule has 0 bridgehead atoms. The first-order chi connectivity index (χ1) is 9.82. The van der Waals surface area contributed by atoms with Gasteiger partial charge < -0.3 is 15.7 Å². The van der Waals surface area contributed by atoms with Gasteiger partial charge in [-0.25, -0.2) is 0 Å². The van der Waals surface area contributed by atoms with Crippen molar-refractivity contribution in [2.45, 2.75) is 38.6 Å². The van der Waals surface area contributed by atoms with Crippen molar-refractivity contribution in [2.75, 3.05) is 18.0 Å². The Hall–Kier alpha value is -1.27. The van der Waals surface area contributed by atoms with Crippen molar-refractivity contribution in [1.82, 2.24) is 0 Å². The van der Waals surface area contributed by atoms with E-state index in [4.69, 9.17) is 5.73 Å². The van der Waals surface area contributed by atoms with Gasteiger partial charge in [-0.1, -0.05) is 0 Å². The predicted molar refractivity (Wildman–Crippen MR) is 76.0 cm³/mol. The van der Waals surface area contributed by atoms with E-state index >= 15 is 0 Å². The summed E-state index contributed by atoms with van der Waals surface area (Å²) in [7, 11) is 0. The first-order valence-corrected chi connectivity index (χ1v) is 7.16. The average Bonchev–Trinajstić information content (AvgIpc) is 2.45. The number of hydrogen-bond acceptors (Lipinski definition) is 3. The number of nitrogens with zero attached hydrogens (tertiary/aromatic N) is 1. The number of anilines is 1. The van der Waals surface area contributed by atoms with E-state index < -0.39 is 11.7 Å². The van der Waals surface area contributed by atoms with Crippen LogP contribution in [-0.2, 0) is 12.7 Å². The maximum absolute atomic E-state index is 12.7. The molecule has 1 fully saturated rings. The highest BCUT2D eigenvalue weighted by Crippen LogP contribution is 2.34. The van der Waals surface area contributed by atoms with Gasteiger partial charge in [-0.3, -0.25) is 0 Å². The minimum absolute atomic E-state index is 0.0790. The van der Waals surface area contributed by atoms with Crippen LogP contribution in [0, 0.1) is 5.92 Å². The fraction of sp³-hybridized carbons (Fsp3) is 0.600. The van der Waals surface area contributed by atoms with E-state index in [1.54, 1.807) is 6.92 Å². The Balaban J connectivity index is 2.17. The lowest BCUT2D eigenvalue weighted by atomic mass is 9.91. The van der Waals surface area contributed by atoms with E-state index in [0.717, 1.165) is 43.8 Å². The lowest BCUT2D eigenvalue weighted by Crippen LogP contribution is -2.37. The van der Waals surface area contributed by atoms with Crippen molar-refractivity contribution in [3.05, 3.63) is 29.3 Å². The molecule has 0 aromatic heterocycles. The minimum atomic E-state index is -4.35. The van der Waals surface area contributed by atoms with Crippen LogP contribution in [0.3, 0.4) is 0 Å². The van der Waals surface area contributed by atoms with Crippen LogP contribution in [0.4, 0.5) is 18.9 Å². The molecule has 1 aliphatic rings. The largest absolute Gasteiger partial charge is 0.416 e. The molecule has 6 heteroatoms. The zero-order valence-corrected chi connectivity index (χ0v) is 12.0. The summed E-state index contributed by atoms with van der Waals surface area (Å²) in [6.45, 7) is 3.32. The van der Waals surface area contributed by atoms with Gasteiger partial charge >= 0.3 is 6.18 Å². The predicted octanol–water partition coefficient (Wildman–Crippen LogP) is 2.76. The minimum Gasteiger partial charge on any atom is -0.393 e. The number of nitrogens with two attached hydrogens (primary N) is 1. The summed E-state index contributed by atoms with van der Waals surface area (Å²) in [6.07, 6.45) is -3.01. The molecule has 1 unspecified atom stereocenters. The van der Waals surface area contributed by atoms with Crippen LogP contribution in [0.1, 0.15) is 30.9 Å². The van der Waals surface area contributed by atoms with Crippen LogP contribution in [0.5, 0.6) is 0 Å². The summed E-state index contributed by atoms with van der Waals surface area (Å²) < 4.78 is 38.2. The lowest BCUT2D eigenvalue weighted by Gasteiger charge is -2.36. The first-order valence-electron chi connectivity index (χ1n) is 7.16. The maximum Gasteiger partial charge on any atom is 0.416 e. The van der Waals surface area contributed by atoms with Crippen LogP contribution >= 0.6 is 0 Å². The molecule has 1 aromatic rings. The van der Waals surface area contributed by atoms with Crippen molar-refractivity contribution >= 4 is 5.69 Å². The summed E-state index contributed by atoms with van der Waals surface area (Å²) in [5.41, 5.74) is 6.24. The summed E-state index contributed by atoms with van der Waals surface area (Å²) in [5.74, 6) is 0.261. The van der Waals surface area contributed by atoms with Crippen LogP contribution in [0.2, 0.25) is 0 Å². The van der Waals surface area contributed by atoms with E-state index in [1.165, 1.54) is 6.07 Å². The zero-order chi connectivity index (χ0) is 15.6. The molecule has 2 rings (SSSR count). The number of halogens is 3. The molecule has 0 aliphatic carbocycles. The van der Waals surface area contributed by atoms with Crippen molar-refractivity contribution in [3.63, 3.8) is 0 Å². The third-order valence-electron chi connectivity index (χ3n) is 4.19. The Labute approximate surface area is 122 Å². The number of piperidine rings is 1. The molecule has 0 amide bonds. The van der Waals surface area contributed by atoms with Gasteiger partial charge in [0.25, 0.3) is 0 Å². The van der Waals surface area contributed by atoms with E-state index in [-0.39, 0.29) is 18.6 Å². The second kappa shape index (κ2) is 6.23. The molecule has 1 saturated heterocycles. The highest BCUT2D eigenvalue weighted by Gasteiger charge is 2.31. The molecule has 118 valence electrons. The number of benzene rings is 1. The maximum atomic E-state index is 12.7. The van der Waals surface area contributed by atoms with Crippen LogP contribution in [-0.4, -0.2) is 24.3 Å². The van der Waals surface area contributed by atoms with Gasteiger partial charge in [-0.05, 0) is 49.4 Å². The first kappa shape index (κ1) is 16.1. The number of rotatable bonds is 3. The SMILES string of the molecule is CC(O)C1CCN(c2ccc(C(F)(F)F)cc2CN)CC1. The zero-order valence-electron chi connectivity index (χ0n) is 12.0. The summed E-state index contributed by atoms with van der Waals surface area (Å²) in [6, 6.07) is 3.75. The number of aliphatic hydroxyl groups is 1. The van der Waals surface area contributed by atoms with Crippen LogP contribution in [0.25, 0.3) is 0 Å². The third kappa shape index (κ3) is 3.68. The molecule has 1 aromatic carbocycles. The van der Waals surface area contributed by atoms with E-state index in [2.05, 4.69) is 4.90 Å². The fourth-order valence-electron chi connectivity index (χ4n) is 2.86. The Morgan fingerprint density at radius 1 is 1.33 bits per heavy atom. The molecule has 0 spiro atoms. The van der Waals surface area contributed by atoms with E-state index in [0.29, 0.717) is 5.56 Å². The Bertz CT molecular complexity index is 480. The molecule has 1 atom stereocenters. The topological polar surface area (TPSA) is 49.5 Å². The number of alkyl halides is 3. The highest BCUT2D eigenvalue weighted by atomic mass is 19.4. The van der Waals surface area contributed by atoms with Crippen molar-refractivity contribution in [3.8, 4) is 0 Å². The molecule has 3 nitrogen and oxygen atoms in total. The Morgan fingerprint density at radius 3 is 2.43 bits per heavy atom. The van der Waals surface area contributed by atoms with Crippen molar-refractivity contribution < 1.29 is 18.3 Å². The summed E-state index contributed by atoms with van der Waals surface area (Å²) in [5, 5.41) is 9.60. The Kier molecular flexibility index (Phi) is 4.78. The van der Waals surface area contributed by atoms with Gasteiger partial charge in [0.05, 0.1) is 11.7 Å². The van der Waals surface area contributed by atoms with Gasteiger partial charge in [0.15, 0.2) is 0 Å². The van der Waals surface area contributed by atoms with E-state index in [1.807, 2.05) is 0 Å². The van der Waals surface area contributed by atoms with Crippen LogP contribution < -0.4 is 10.6 Å². The standard InChI is InChI=1S/C15H21F3N2O/c1-10(21)11-4-6-20(7-5-11)14-3-2-13(15(16,17)18)8-12(14)9-19/h2-3,8,10-11,21H,4-7,9,19H2,1H3. The molecule has 0 saturated carbocycles. The molecular formula is C15H21F3N2O. The number of hydrogen-bond donors (Lipinski definition) is 2. The summed E-state index contributed by atoms with van der Waals surface area (Å²) in [4.78, 5) is 2.06. The van der Waals surface area contributed by atoms with Gasteiger partial charge in [-0.2, -0.15) is 13.2 Å². The van der Waals surface area contributed by atoms with Gasteiger partial charge in [0.1, 0.15) is 0 Å². The normalized spacial score (nSPS) is 18.9. The van der Waals surface area contributed by atoms with Gasteiger partial charge in [0.2, 0.25) is 0 Å². The summed E-state index contributed by atoms with van der Waals surface area (Å²) >= 11 is 0. The molecule has 1 heterocycles. The lowest BCUT2D eigenvalue weighted by molar-refractivity contribution is -0.137. The second-order valence-corrected chi connectivity index (χ2v) is 5.61. The smallest absolute Gasteiger partial charge is 0.393 e. The monoisotopic (exact) mass is 302 g/mol. The molecule has 1 aliphatic heterocycles. The van der Waals surface area contributed by atoms with Crippen molar-refractivity contribution in [1.29, 1.82) is 0 Å². The average molecular weight is 302 g/mol. The Morgan fingerprint density at radius 2 is 1.95 bits per heavy atom. The van der Waals surface area contributed by atoms with Crippen LogP contribution in [0.15, 0.2) is 18.2 Å². The number of aliphatic hydroxyl groups excluding tert-OH is 1. The highest BCUT2D eigenvalue weighted by molar-refractivity contribution is 5.55.